The molecule has 0 saturated carbocycles. The van der Waals surface area contributed by atoms with Gasteiger partial charge in [-0.1, -0.05) is 12.1 Å². The molecule has 0 bridgehead atoms. The molecular weight excluding hydrogens is 292 g/mol. The number of nitrogens with zero attached hydrogens (tertiary/aromatic N) is 1. The van der Waals surface area contributed by atoms with Crippen molar-refractivity contribution in [3.05, 3.63) is 29.8 Å². The molecule has 0 atom stereocenters. The Morgan fingerprint density at radius 2 is 1.91 bits per heavy atom. The highest BCUT2D eigenvalue weighted by Crippen LogP contribution is 2.16. The van der Waals surface area contributed by atoms with Gasteiger partial charge in [-0.3, -0.25) is 9.69 Å². The number of nitrogens with one attached hydrogen (secondary N) is 1. The van der Waals surface area contributed by atoms with E-state index in [0.29, 0.717) is 19.6 Å². The molecule has 1 fully saturated rings. The number of carbonyl (C=O) groups excluding carboxylic acids is 1. The molecule has 1 saturated heterocycles. The van der Waals surface area contributed by atoms with Crippen molar-refractivity contribution in [1.29, 1.82) is 0 Å². The molecule has 0 aromatic heterocycles. The van der Waals surface area contributed by atoms with E-state index in [2.05, 4.69) is 24.1 Å². The maximum absolute atomic E-state index is 12.2. The molecule has 0 spiro atoms. The fraction of sp³-hybridized carbons (Fsp3) is 0.611. The summed E-state index contributed by atoms with van der Waals surface area (Å²) in [6, 6.07) is 7.70. The Hall–Kier alpha value is -1.59. The second-order valence-electron chi connectivity index (χ2n) is 6.44. The predicted molar refractivity (Wildman–Crippen MR) is 90.8 cm³/mol. The molecular formula is C18H28N2O3. The Morgan fingerprint density at radius 1 is 1.26 bits per heavy atom. The highest BCUT2D eigenvalue weighted by Gasteiger charge is 2.28. The predicted octanol–water partition coefficient (Wildman–Crippen LogP) is 1.85. The van der Waals surface area contributed by atoms with Crippen molar-refractivity contribution < 1.29 is 14.3 Å². The van der Waals surface area contributed by atoms with E-state index in [4.69, 9.17) is 9.47 Å². The Labute approximate surface area is 139 Å². The number of hydrogen-bond acceptors (Lipinski definition) is 4. The van der Waals surface area contributed by atoms with E-state index in [1.807, 2.05) is 31.2 Å². The minimum Gasteiger partial charge on any atom is -0.494 e. The highest BCUT2D eigenvalue weighted by atomic mass is 16.5. The van der Waals surface area contributed by atoms with Crippen LogP contribution >= 0.6 is 0 Å². The van der Waals surface area contributed by atoms with E-state index < -0.39 is 0 Å². The van der Waals surface area contributed by atoms with Crippen LogP contribution in [0.4, 0.5) is 0 Å². The van der Waals surface area contributed by atoms with E-state index in [9.17, 15) is 4.79 Å². The third-order valence-corrected chi connectivity index (χ3v) is 4.18. The fourth-order valence-corrected chi connectivity index (χ4v) is 2.71. The number of rotatable bonds is 7. The van der Waals surface area contributed by atoms with Crippen LogP contribution in [0.3, 0.4) is 0 Å². The Bertz CT molecular complexity index is 493. The van der Waals surface area contributed by atoms with Crippen LogP contribution in [0.2, 0.25) is 0 Å². The lowest BCUT2D eigenvalue weighted by Gasteiger charge is -2.40. The Balaban J connectivity index is 1.79. The van der Waals surface area contributed by atoms with Crippen LogP contribution in [-0.2, 0) is 16.0 Å². The standard InChI is InChI=1S/C18H28N2O3/c1-4-23-16-7-5-15(6-8-16)13-17(21)19-14-18(2,3)20-9-11-22-12-10-20/h5-8H,4,9-14H2,1-3H3,(H,19,21). The van der Waals surface area contributed by atoms with E-state index in [1.165, 1.54) is 0 Å². The Morgan fingerprint density at radius 3 is 2.52 bits per heavy atom. The summed E-state index contributed by atoms with van der Waals surface area (Å²) in [4.78, 5) is 14.5. The van der Waals surface area contributed by atoms with Gasteiger partial charge in [0, 0.05) is 25.2 Å². The molecule has 1 heterocycles. The average molecular weight is 320 g/mol. The second kappa shape index (κ2) is 8.31. The first-order chi connectivity index (χ1) is 11.0. The van der Waals surface area contributed by atoms with Crippen molar-refractivity contribution in [3.8, 4) is 5.75 Å². The first-order valence-corrected chi connectivity index (χ1v) is 8.32. The summed E-state index contributed by atoms with van der Waals surface area (Å²) < 4.78 is 10.8. The number of morpholine rings is 1. The first-order valence-electron chi connectivity index (χ1n) is 8.32. The molecule has 5 heteroatoms. The van der Waals surface area contributed by atoms with Crippen LogP contribution in [0.5, 0.6) is 5.75 Å². The number of ether oxygens (including phenoxy) is 2. The number of amides is 1. The summed E-state index contributed by atoms with van der Waals surface area (Å²) >= 11 is 0. The Kier molecular flexibility index (Phi) is 6.42. The van der Waals surface area contributed by atoms with Gasteiger partial charge in [0.05, 0.1) is 26.2 Å². The van der Waals surface area contributed by atoms with Gasteiger partial charge in [-0.15, -0.1) is 0 Å². The third-order valence-electron chi connectivity index (χ3n) is 4.18. The molecule has 1 aromatic carbocycles. The van der Waals surface area contributed by atoms with Crippen LogP contribution in [0, 0.1) is 0 Å². The summed E-state index contributed by atoms with van der Waals surface area (Å²) in [6.45, 7) is 10.9. The van der Waals surface area contributed by atoms with Crippen molar-refractivity contribution in [1.82, 2.24) is 10.2 Å². The molecule has 1 N–H and O–H groups in total. The van der Waals surface area contributed by atoms with Gasteiger partial charge < -0.3 is 14.8 Å². The minimum atomic E-state index is -0.0573. The van der Waals surface area contributed by atoms with E-state index in [0.717, 1.165) is 37.6 Å². The van der Waals surface area contributed by atoms with Crippen LogP contribution in [0.15, 0.2) is 24.3 Å². The maximum atomic E-state index is 12.2. The number of hydrogen-bond donors (Lipinski definition) is 1. The molecule has 128 valence electrons. The highest BCUT2D eigenvalue weighted by molar-refractivity contribution is 5.78. The molecule has 2 rings (SSSR count). The van der Waals surface area contributed by atoms with Gasteiger partial charge in [0.15, 0.2) is 0 Å². The molecule has 23 heavy (non-hydrogen) atoms. The second-order valence-corrected chi connectivity index (χ2v) is 6.44. The zero-order valence-electron chi connectivity index (χ0n) is 14.4. The monoisotopic (exact) mass is 320 g/mol. The molecule has 1 aromatic rings. The van der Waals surface area contributed by atoms with Gasteiger partial charge in [0.2, 0.25) is 5.91 Å². The molecule has 1 aliphatic rings. The van der Waals surface area contributed by atoms with Crippen molar-refractivity contribution >= 4 is 5.91 Å². The zero-order valence-corrected chi connectivity index (χ0v) is 14.4. The van der Waals surface area contributed by atoms with Crippen molar-refractivity contribution in [2.45, 2.75) is 32.7 Å². The zero-order chi connectivity index (χ0) is 16.7. The van der Waals surface area contributed by atoms with Gasteiger partial charge in [-0.2, -0.15) is 0 Å². The molecule has 0 radical (unpaired) electrons. The van der Waals surface area contributed by atoms with Crippen LogP contribution in [-0.4, -0.2) is 55.8 Å². The van der Waals surface area contributed by atoms with Gasteiger partial charge in [0.25, 0.3) is 0 Å². The van der Waals surface area contributed by atoms with Gasteiger partial charge in [-0.25, -0.2) is 0 Å². The molecule has 1 amide bonds. The SMILES string of the molecule is CCOc1ccc(CC(=O)NCC(C)(C)N2CCOCC2)cc1. The largest absolute Gasteiger partial charge is 0.494 e. The quantitative estimate of drug-likeness (QED) is 0.833. The van der Waals surface area contributed by atoms with Crippen LogP contribution in [0.25, 0.3) is 0 Å². The summed E-state index contributed by atoms with van der Waals surface area (Å²) in [7, 11) is 0. The van der Waals surface area contributed by atoms with Crippen molar-refractivity contribution in [2.75, 3.05) is 39.5 Å². The summed E-state index contributed by atoms with van der Waals surface area (Å²) in [5.41, 5.74) is 0.938. The summed E-state index contributed by atoms with van der Waals surface area (Å²) in [6.07, 6.45) is 0.394. The molecule has 0 aliphatic carbocycles. The lowest BCUT2D eigenvalue weighted by molar-refractivity contribution is -0.121. The summed E-state index contributed by atoms with van der Waals surface area (Å²) in [5, 5.41) is 3.06. The fourth-order valence-electron chi connectivity index (χ4n) is 2.71. The van der Waals surface area contributed by atoms with Crippen LogP contribution in [0.1, 0.15) is 26.3 Å². The van der Waals surface area contributed by atoms with E-state index >= 15 is 0 Å². The van der Waals surface area contributed by atoms with Crippen molar-refractivity contribution in [3.63, 3.8) is 0 Å². The number of benzene rings is 1. The average Bonchev–Trinajstić information content (AvgIpc) is 2.56. The van der Waals surface area contributed by atoms with Gasteiger partial charge >= 0.3 is 0 Å². The minimum absolute atomic E-state index is 0.0514. The maximum Gasteiger partial charge on any atom is 0.224 e. The van der Waals surface area contributed by atoms with Gasteiger partial charge in [0.1, 0.15) is 5.75 Å². The third kappa shape index (κ3) is 5.52. The molecule has 1 aliphatic heterocycles. The smallest absolute Gasteiger partial charge is 0.224 e. The summed E-state index contributed by atoms with van der Waals surface area (Å²) in [5.74, 6) is 0.889. The van der Waals surface area contributed by atoms with E-state index in [1.54, 1.807) is 0 Å². The first kappa shape index (κ1) is 17.8. The topological polar surface area (TPSA) is 50.8 Å². The number of carbonyl (C=O) groups is 1. The van der Waals surface area contributed by atoms with Crippen LogP contribution < -0.4 is 10.1 Å². The molecule has 5 nitrogen and oxygen atoms in total. The van der Waals surface area contributed by atoms with Gasteiger partial charge in [-0.05, 0) is 38.5 Å². The van der Waals surface area contributed by atoms with E-state index in [-0.39, 0.29) is 11.4 Å². The lowest BCUT2D eigenvalue weighted by Crippen LogP contribution is -2.55. The van der Waals surface area contributed by atoms with Crippen molar-refractivity contribution in [2.24, 2.45) is 0 Å². The lowest BCUT2D eigenvalue weighted by atomic mass is 10.0. The normalized spacial score (nSPS) is 16.1. The molecule has 0 unspecified atom stereocenters.